The van der Waals surface area contributed by atoms with Crippen molar-refractivity contribution in [2.24, 2.45) is 5.73 Å². The first-order valence-electron chi connectivity index (χ1n) is 4.96. The summed E-state index contributed by atoms with van der Waals surface area (Å²) in [4.78, 5) is 1.05. The number of nitrogens with two attached hydrogens (primary N) is 1. The van der Waals surface area contributed by atoms with Crippen LogP contribution in [0.3, 0.4) is 0 Å². The van der Waals surface area contributed by atoms with Crippen LogP contribution in [-0.4, -0.2) is 0 Å². The third-order valence-electron chi connectivity index (χ3n) is 2.53. The summed E-state index contributed by atoms with van der Waals surface area (Å²) >= 11 is 14.6. The zero-order chi connectivity index (χ0) is 12.6. The highest BCUT2D eigenvalue weighted by molar-refractivity contribution is 9.11. The number of aryl methyl sites for hydroxylation is 1. The molecule has 2 N–H and O–H groups in total. The van der Waals surface area contributed by atoms with Gasteiger partial charge in [0.25, 0.3) is 0 Å². The van der Waals surface area contributed by atoms with Crippen molar-refractivity contribution in [1.82, 2.24) is 0 Å². The highest BCUT2D eigenvalue weighted by atomic mass is 79.9. The fraction of sp³-hybridized carbons (Fsp3) is 0.167. The maximum atomic E-state index is 6.27. The van der Waals surface area contributed by atoms with Gasteiger partial charge in [0, 0.05) is 9.35 Å². The van der Waals surface area contributed by atoms with Crippen LogP contribution in [0.15, 0.2) is 32.5 Å². The van der Waals surface area contributed by atoms with Gasteiger partial charge in [0.15, 0.2) is 0 Å². The van der Waals surface area contributed by atoms with Crippen LogP contribution < -0.4 is 5.73 Å². The van der Waals surface area contributed by atoms with Crippen molar-refractivity contribution in [1.29, 1.82) is 0 Å². The Hall–Kier alpha value is 0.130. The molecule has 0 radical (unpaired) electrons. The summed E-state index contributed by atoms with van der Waals surface area (Å²) in [6.45, 7) is 2.05. The molecule has 0 bridgehead atoms. The second-order valence-corrected chi connectivity index (χ2v) is 7.33. The Morgan fingerprint density at radius 1 is 1.35 bits per heavy atom. The van der Waals surface area contributed by atoms with Crippen molar-refractivity contribution in [2.75, 3.05) is 0 Å². The molecular weight excluding hydrogens is 385 g/mol. The number of benzene rings is 1. The van der Waals surface area contributed by atoms with Crippen LogP contribution in [0.2, 0.25) is 5.02 Å². The van der Waals surface area contributed by atoms with E-state index in [4.69, 9.17) is 17.3 Å². The lowest BCUT2D eigenvalue weighted by atomic mass is 10.0. The van der Waals surface area contributed by atoms with E-state index < -0.39 is 0 Å². The summed E-state index contributed by atoms with van der Waals surface area (Å²) in [6.07, 6.45) is 0. The van der Waals surface area contributed by atoms with Crippen LogP contribution in [0.5, 0.6) is 0 Å². The Kier molecular flexibility index (Phi) is 4.31. The molecule has 0 aliphatic heterocycles. The molecule has 90 valence electrons. The van der Waals surface area contributed by atoms with Crippen molar-refractivity contribution >= 4 is 54.8 Å². The molecule has 2 rings (SSSR count). The Balaban J connectivity index is 2.43. The van der Waals surface area contributed by atoms with Crippen molar-refractivity contribution in [2.45, 2.75) is 13.0 Å². The molecule has 0 spiro atoms. The maximum absolute atomic E-state index is 6.27. The van der Waals surface area contributed by atoms with E-state index in [2.05, 4.69) is 44.8 Å². The lowest BCUT2D eigenvalue weighted by molar-refractivity contribution is 0.885. The Morgan fingerprint density at radius 3 is 2.65 bits per heavy atom. The van der Waals surface area contributed by atoms with E-state index >= 15 is 0 Å². The third kappa shape index (κ3) is 2.76. The Labute approximate surface area is 126 Å². The van der Waals surface area contributed by atoms with E-state index in [1.807, 2.05) is 18.2 Å². The maximum Gasteiger partial charge on any atom is 0.0888 e. The molecular formula is C12H10Br2ClNS. The van der Waals surface area contributed by atoms with E-state index in [1.54, 1.807) is 11.3 Å². The van der Waals surface area contributed by atoms with Gasteiger partial charge >= 0.3 is 0 Å². The molecule has 2 aromatic rings. The summed E-state index contributed by atoms with van der Waals surface area (Å²) in [6, 6.07) is 7.86. The average molecular weight is 396 g/mol. The van der Waals surface area contributed by atoms with Gasteiger partial charge in [0.05, 0.1) is 14.9 Å². The van der Waals surface area contributed by atoms with Crippen LogP contribution >= 0.6 is 54.8 Å². The minimum absolute atomic E-state index is 0.155. The SMILES string of the molecule is Cc1cccc(C(N)c2cc(Cl)c(Br)s2)c1Br. The molecule has 1 heterocycles. The number of hydrogen-bond acceptors (Lipinski definition) is 2. The van der Waals surface area contributed by atoms with Gasteiger partial charge in [0.1, 0.15) is 0 Å². The second kappa shape index (κ2) is 5.41. The van der Waals surface area contributed by atoms with Crippen molar-refractivity contribution in [3.63, 3.8) is 0 Å². The Bertz CT molecular complexity index is 534. The lowest BCUT2D eigenvalue weighted by Crippen LogP contribution is -2.11. The van der Waals surface area contributed by atoms with E-state index in [0.29, 0.717) is 5.02 Å². The largest absolute Gasteiger partial charge is 0.320 e. The number of hydrogen-bond donors (Lipinski definition) is 1. The molecule has 1 aromatic heterocycles. The third-order valence-corrected chi connectivity index (χ3v) is 6.17. The molecule has 0 aliphatic carbocycles. The first kappa shape index (κ1) is 13.6. The van der Waals surface area contributed by atoms with Crippen molar-refractivity contribution < 1.29 is 0 Å². The van der Waals surface area contributed by atoms with Gasteiger partial charge < -0.3 is 5.73 Å². The smallest absolute Gasteiger partial charge is 0.0888 e. The molecule has 0 saturated heterocycles. The van der Waals surface area contributed by atoms with E-state index in [-0.39, 0.29) is 6.04 Å². The standard InChI is InChI=1S/C12H10Br2ClNS/c1-6-3-2-4-7(10(6)13)11(16)9-5-8(15)12(14)17-9/h2-5,11H,16H2,1H3. The summed E-state index contributed by atoms with van der Waals surface area (Å²) in [5.74, 6) is 0. The number of rotatable bonds is 2. The fourth-order valence-corrected chi connectivity index (χ4v) is 3.86. The van der Waals surface area contributed by atoms with Gasteiger partial charge in [-0.3, -0.25) is 0 Å². The number of thiophene rings is 1. The normalized spacial score (nSPS) is 12.8. The molecule has 0 aliphatic rings. The van der Waals surface area contributed by atoms with Crippen LogP contribution in [0.4, 0.5) is 0 Å². The van der Waals surface area contributed by atoms with Gasteiger partial charge in [0.2, 0.25) is 0 Å². The van der Waals surface area contributed by atoms with Gasteiger partial charge in [-0.15, -0.1) is 11.3 Å². The molecule has 1 aromatic carbocycles. The van der Waals surface area contributed by atoms with Crippen LogP contribution in [-0.2, 0) is 0 Å². The predicted octanol–water partition coefficient (Wildman–Crippen LogP) is 5.28. The first-order valence-corrected chi connectivity index (χ1v) is 7.74. The zero-order valence-corrected chi connectivity index (χ0v) is 13.8. The van der Waals surface area contributed by atoms with Crippen LogP contribution in [0.25, 0.3) is 0 Å². The summed E-state index contributed by atoms with van der Waals surface area (Å²) < 4.78 is 1.99. The highest BCUT2D eigenvalue weighted by Gasteiger charge is 2.16. The van der Waals surface area contributed by atoms with Crippen LogP contribution in [0, 0.1) is 6.92 Å². The monoisotopic (exact) mass is 393 g/mol. The molecule has 5 heteroatoms. The lowest BCUT2D eigenvalue weighted by Gasteiger charge is -2.13. The quantitative estimate of drug-likeness (QED) is 0.735. The van der Waals surface area contributed by atoms with Gasteiger partial charge in [-0.25, -0.2) is 0 Å². The minimum Gasteiger partial charge on any atom is -0.320 e. The minimum atomic E-state index is -0.155. The first-order chi connectivity index (χ1) is 8.00. The van der Waals surface area contributed by atoms with Gasteiger partial charge in [-0.05, 0) is 40.0 Å². The van der Waals surface area contributed by atoms with Crippen molar-refractivity contribution in [3.8, 4) is 0 Å². The number of halogens is 3. The van der Waals surface area contributed by atoms with Crippen molar-refractivity contribution in [3.05, 3.63) is 53.6 Å². The summed E-state index contributed by atoms with van der Waals surface area (Å²) in [5.41, 5.74) is 8.53. The zero-order valence-electron chi connectivity index (χ0n) is 9.01. The van der Waals surface area contributed by atoms with E-state index in [0.717, 1.165) is 18.7 Å². The predicted molar refractivity (Wildman–Crippen MR) is 81.9 cm³/mol. The summed E-state index contributed by atoms with van der Waals surface area (Å²) in [7, 11) is 0. The second-order valence-electron chi connectivity index (χ2n) is 3.73. The molecule has 0 fully saturated rings. The Morgan fingerprint density at radius 2 is 2.06 bits per heavy atom. The molecule has 17 heavy (non-hydrogen) atoms. The topological polar surface area (TPSA) is 26.0 Å². The van der Waals surface area contributed by atoms with E-state index in [1.165, 1.54) is 5.56 Å². The van der Waals surface area contributed by atoms with Gasteiger partial charge in [-0.2, -0.15) is 0 Å². The van der Waals surface area contributed by atoms with Gasteiger partial charge in [-0.1, -0.05) is 45.7 Å². The molecule has 1 nitrogen and oxygen atoms in total. The molecule has 1 atom stereocenters. The highest BCUT2D eigenvalue weighted by Crippen LogP contribution is 2.38. The molecule has 0 amide bonds. The molecule has 1 unspecified atom stereocenters. The van der Waals surface area contributed by atoms with E-state index in [9.17, 15) is 0 Å². The van der Waals surface area contributed by atoms with Crippen LogP contribution in [0.1, 0.15) is 22.0 Å². The summed E-state index contributed by atoms with van der Waals surface area (Å²) in [5, 5.41) is 0.712. The average Bonchev–Trinajstić information content (AvgIpc) is 2.62. The molecule has 0 saturated carbocycles. The fourth-order valence-electron chi connectivity index (χ4n) is 1.58.